The smallest absolute Gasteiger partial charge is 0.160 e. The van der Waals surface area contributed by atoms with Gasteiger partial charge in [0.05, 0.1) is 34.5 Å². The number of hydrogen-bond acceptors (Lipinski definition) is 4. The van der Waals surface area contributed by atoms with E-state index in [9.17, 15) is 10.5 Å². The summed E-state index contributed by atoms with van der Waals surface area (Å²) in [4.78, 5) is 10.6. The lowest BCUT2D eigenvalue weighted by Gasteiger charge is -2.18. The van der Waals surface area contributed by atoms with Gasteiger partial charge in [-0.15, -0.1) is 0 Å². The molecule has 10 aromatic rings. The Morgan fingerprint density at radius 3 is 1.50 bits per heavy atom. The Kier molecular flexibility index (Phi) is 7.22. The zero-order valence-corrected chi connectivity index (χ0v) is 29.0. The van der Waals surface area contributed by atoms with Crippen molar-refractivity contribution >= 4 is 54.0 Å². The zero-order valence-electron chi connectivity index (χ0n) is 29.0. The van der Waals surface area contributed by atoms with Crippen LogP contribution in [-0.2, 0) is 0 Å². The molecule has 0 atom stereocenters. The summed E-state index contributed by atoms with van der Waals surface area (Å²) in [5, 5.41) is 30.0. The molecule has 248 valence electrons. The third-order valence-corrected chi connectivity index (χ3v) is 10.5. The number of hydrogen-bond donors (Lipinski definition) is 0. The molecule has 0 aliphatic heterocycles. The summed E-state index contributed by atoms with van der Waals surface area (Å²) in [6.07, 6.45) is 0. The van der Waals surface area contributed by atoms with Crippen molar-refractivity contribution in [2.24, 2.45) is 0 Å². The van der Waals surface area contributed by atoms with Crippen molar-refractivity contribution in [2.75, 3.05) is 0 Å². The van der Waals surface area contributed by atoms with Crippen LogP contribution in [0.3, 0.4) is 0 Å². The fourth-order valence-corrected chi connectivity index (χ4v) is 7.98. The van der Waals surface area contributed by atoms with E-state index in [0.29, 0.717) is 22.6 Å². The number of aromatic nitrogens is 2. The third kappa shape index (κ3) is 5.06. The normalized spacial score (nSPS) is 11.3. The van der Waals surface area contributed by atoms with E-state index < -0.39 is 0 Å². The van der Waals surface area contributed by atoms with Crippen molar-refractivity contribution in [3.05, 3.63) is 181 Å². The fraction of sp³-hybridized carbons (Fsp3) is 0. The van der Waals surface area contributed by atoms with Crippen molar-refractivity contribution < 1.29 is 0 Å². The number of nitriles is 2. The van der Waals surface area contributed by atoms with Gasteiger partial charge in [0.15, 0.2) is 5.82 Å². The van der Waals surface area contributed by atoms with Crippen molar-refractivity contribution in [3.63, 3.8) is 0 Å². The molecule has 9 aromatic carbocycles. The molecule has 0 N–H and O–H groups in total. The molecule has 1 aromatic heterocycles. The lowest BCUT2D eigenvalue weighted by atomic mass is 9.87. The quantitative estimate of drug-likeness (QED) is 0.173. The Hall–Kier alpha value is -7.66. The van der Waals surface area contributed by atoms with E-state index in [0.717, 1.165) is 65.8 Å². The minimum absolute atomic E-state index is 0.507. The summed E-state index contributed by atoms with van der Waals surface area (Å²) in [7, 11) is 0. The van der Waals surface area contributed by atoms with Crippen LogP contribution in [0.25, 0.3) is 98.9 Å². The van der Waals surface area contributed by atoms with Gasteiger partial charge in [-0.2, -0.15) is 10.5 Å². The lowest BCUT2D eigenvalue weighted by Crippen LogP contribution is -1.99. The van der Waals surface area contributed by atoms with Gasteiger partial charge in [-0.3, -0.25) is 0 Å². The number of fused-ring (bicyclic) bond motifs is 7. The van der Waals surface area contributed by atoms with Crippen LogP contribution >= 0.6 is 0 Å². The molecule has 0 saturated heterocycles. The predicted octanol–water partition coefficient (Wildman–Crippen LogP) is 12.7. The molecule has 54 heavy (non-hydrogen) atoms. The minimum Gasteiger partial charge on any atom is -0.227 e. The molecule has 0 fully saturated rings. The van der Waals surface area contributed by atoms with Gasteiger partial charge in [0.2, 0.25) is 0 Å². The average Bonchev–Trinajstić information content (AvgIpc) is 3.25. The molecule has 0 bridgehead atoms. The van der Waals surface area contributed by atoms with Gasteiger partial charge in [-0.1, -0.05) is 121 Å². The van der Waals surface area contributed by atoms with Crippen LogP contribution in [0.1, 0.15) is 11.1 Å². The predicted molar refractivity (Wildman–Crippen MR) is 221 cm³/mol. The van der Waals surface area contributed by atoms with Crippen LogP contribution in [0.4, 0.5) is 0 Å². The SMILES string of the molecule is N#Cc1cccc(-c2nc(-c3cccc(C#N)c3)c3cc(-c4cc5ccccc5c5ccccc45)cc(-c4cc5ccccc5c5ccccc45)c3n2)c1. The van der Waals surface area contributed by atoms with Crippen LogP contribution in [0.5, 0.6) is 0 Å². The number of benzene rings is 9. The van der Waals surface area contributed by atoms with E-state index >= 15 is 0 Å². The maximum atomic E-state index is 9.96. The van der Waals surface area contributed by atoms with Crippen LogP contribution in [-0.4, -0.2) is 9.97 Å². The molecule has 10 rings (SSSR count). The van der Waals surface area contributed by atoms with Crippen LogP contribution in [0.15, 0.2) is 170 Å². The molecule has 0 spiro atoms. The molecule has 1 heterocycles. The van der Waals surface area contributed by atoms with Gasteiger partial charge in [0.25, 0.3) is 0 Å². The molecule has 0 aliphatic rings. The van der Waals surface area contributed by atoms with E-state index in [1.165, 1.54) is 21.5 Å². The summed E-state index contributed by atoms with van der Waals surface area (Å²) < 4.78 is 0. The first-order valence-electron chi connectivity index (χ1n) is 17.9. The average molecular weight is 685 g/mol. The van der Waals surface area contributed by atoms with Gasteiger partial charge in [-0.05, 0) is 108 Å². The van der Waals surface area contributed by atoms with E-state index in [-0.39, 0.29) is 0 Å². The van der Waals surface area contributed by atoms with Gasteiger partial charge < -0.3 is 0 Å². The summed E-state index contributed by atoms with van der Waals surface area (Å²) in [6, 6.07) is 62.9. The highest BCUT2D eigenvalue weighted by atomic mass is 14.9. The maximum absolute atomic E-state index is 9.96. The highest BCUT2D eigenvalue weighted by molar-refractivity contribution is 6.19. The Balaban J connectivity index is 1.40. The zero-order chi connectivity index (χ0) is 36.2. The van der Waals surface area contributed by atoms with Crippen molar-refractivity contribution in [1.29, 1.82) is 10.5 Å². The molecule has 0 amide bonds. The van der Waals surface area contributed by atoms with Crippen molar-refractivity contribution in [1.82, 2.24) is 9.97 Å². The second-order valence-corrected chi connectivity index (χ2v) is 13.6. The molecule has 0 aliphatic carbocycles. The molecule has 0 unspecified atom stereocenters. The Bertz CT molecular complexity index is 3260. The largest absolute Gasteiger partial charge is 0.227 e. The second kappa shape index (κ2) is 12.5. The van der Waals surface area contributed by atoms with E-state index in [2.05, 4.69) is 133 Å². The first kappa shape index (κ1) is 31.1. The summed E-state index contributed by atoms with van der Waals surface area (Å²) in [5.74, 6) is 0.507. The fourth-order valence-electron chi connectivity index (χ4n) is 7.98. The summed E-state index contributed by atoms with van der Waals surface area (Å²) >= 11 is 0. The maximum Gasteiger partial charge on any atom is 0.160 e. The van der Waals surface area contributed by atoms with E-state index in [4.69, 9.17) is 9.97 Å². The Morgan fingerprint density at radius 2 is 0.870 bits per heavy atom. The van der Waals surface area contributed by atoms with Gasteiger partial charge in [0, 0.05) is 22.1 Å². The first-order valence-corrected chi connectivity index (χ1v) is 17.9. The monoisotopic (exact) mass is 684 g/mol. The van der Waals surface area contributed by atoms with Gasteiger partial charge in [-0.25, -0.2) is 9.97 Å². The van der Waals surface area contributed by atoms with Crippen molar-refractivity contribution in [3.8, 4) is 57.0 Å². The third-order valence-electron chi connectivity index (χ3n) is 10.5. The number of nitrogens with zero attached hydrogens (tertiary/aromatic N) is 4. The van der Waals surface area contributed by atoms with E-state index in [1.54, 1.807) is 6.07 Å². The van der Waals surface area contributed by atoms with E-state index in [1.807, 2.05) is 42.5 Å². The lowest BCUT2D eigenvalue weighted by molar-refractivity contribution is 1.23. The summed E-state index contributed by atoms with van der Waals surface area (Å²) in [5.41, 5.74) is 8.32. The Labute approximate surface area is 311 Å². The number of rotatable bonds is 4. The van der Waals surface area contributed by atoms with Crippen LogP contribution in [0, 0.1) is 22.7 Å². The van der Waals surface area contributed by atoms with Gasteiger partial charge >= 0.3 is 0 Å². The molecular weight excluding hydrogens is 657 g/mol. The highest BCUT2D eigenvalue weighted by Gasteiger charge is 2.21. The highest BCUT2D eigenvalue weighted by Crippen LogP contribution is 2.44. The van der Waals surface area contributed by atoms with Crippen molar-refractivity contribution in [2.45, 2.75) is 0 Å². The topological polar surface area (TPSA) is 73.4 Å². The molecular formula is C50H28N4. The second-order valence-electron chi connectivity index (χ2n) is 13.6. The molecule has 4 heteroatoms. The standard InChI is InChI=1S/C50H28N4/c51-29-31-11-9-15-35(23-31)48-47-28-37(44-25-33-13-1-3-17-38(33)40-19-5-7-21-42(40)44)27-46(49(47)54-50(53-48)36-16-10-12-32(24-36)30-52)45-26-34-14-2-4-18-39(34)41-20-6-8-22-43(41)45/h1-28H. The molecule has 4 nitrogen and oxygen atoms in total. The summed E-state index contributed by atoms with van der Waals surface area (Å²) in [6.45, 7) is 0. The Morgan fingerprint density at radius 1 is 0.352 bits per heavy atom. The van der Waals surface area contributed by atoms with Crippen LogP contribution < -0.4 is 0 Å². The van der Waals surface area contributed by atoms with Crippen LogP contribution in [0.2, 0.25) is 0 Å². The first-order chi connectivity index (χ1) is 26.7. The van der Waals surface area contributed by atoms with Gasteiger partial charge in [0.1, 0.15) is 0 Å². The molecule has 0 saturated carbocycles. The molecule has 0 radical (unpaired) electrons. The minimum atomic E-state index is 0.507.